The number of carboxylic acids is 1. The molecule has 3 rings (SSSR count). The largest absolute Gasteiger partial charge is 0.481 e. The molecule has 2 fully saturated rings. The Balaban J connectivity index is 2.00. The summed E-state index contributed by atoms with van der Waals surface area (Å²) in [6.45, 7) is 2.81. The molecule has 0 spiro atoms. The van der Waals surface area contributed by atoms with Crippen LogP contribution in [0.3, 0.4) is 0 Å². The molecule has 2 aliphatic rings. The molecule has 2 atom stereocenters. The van der Waals surface area contributed by atoms with Crippen molar-refractivity contribution in [1.29, 1.82) is 0 Å². The first-order chi connectivity index (χ1) is 10.1. The zero-order valence-electron chi connectivity index (χ0n) is 12.2. The summed E-state index contributed by atoms with van der Waals surface area (Å²) in [4.78, 5) is 25.8. The molecule has 1 saturated heterocycles. The lowest BCUT2D eigenvalue weighted by Gasteiger charge is -2.40. The maximum absolute atomic E-state index is 12.3. The summed E-state index contributed by atoms with van der Waals surface area (Å²) in [7, 11) is 0. The summed E-state index contributed by atoms with van der Waals surface area (Å²) in [5.74, 6) is -1.26. The number of aryl methyl sites for hydroxylation is 1. The molecule has 0 aromatic carbocycles. The maximum Gasteiger partial charge on any atom is 0.309 e. The van der Waals surface area contributed by atoms with Crippen molar-refractivity contribution in [3.63, 3.8) is 0 Å². The fraction of sp³-hybridized carbons (Fsp3) is 0.667. The Morgan fingerprint density at radius 1 is 1.43 bits per heavy atom. The smallest absolute Gasteiger partial charge is 0.309 e. The monoisotopic (exact) mass is 291 g/mol. The minimum absolute atomic E-state index is 0.0873. The minimum Gasteiger partial charge on any atom is -0.481 e. The molecular weight excluding hydrogens is 270 g/mol. The molecule has 2 heterocycles. The molecule has 1 saturated carbocycles. The van der Waals surface area contributed by atoms with E-state index in [9.17, 15) is 14.7 Å². The highest BCUT2D eigenvalue weighted by Crippen LogP contribution is 2.43. The molecule has 6 nitrogen and oxygen atoms in total. The highest BCUT2D eigenvalue weighted by molar-refractivity contribution is 5.82. The Morgan fingerprint density at radius 2 is 2.19 bits per heavy atom. The van der Waals surface area contributed by atoms with E-state index in [-0.39, 0.29) is 18.0 Å². The van der Waals surface area contributed by atoms with Crippen LogP contribution >= 0.6 is 0 Å². The number of hydrogen-bond acceptors (Lipinski definition) is 3. The number of piperidine rings is 1. The van der Waals surface area contributed by atoms with E-state index in [1.54, 1.807) is 6.20 Å². The van der Waals surface area contributed by atoms with Gasteiger partial charge in [0, 0.05) is 25.2 Å². The van der Waals surface area contributed by atoms with Gasteiger partial charge in [-0.15, -0.1) is 0 Å². The number of likely N-dealkylation sites (tertiary alicyclic amines) is 1. The highest BCUT2D eigenvalue weighted by Gasteiger charge is 2.47. The van der Waals surface area contributed by atoms with Gasteiger partial charge < -0.3 is 10.0 Å². The van der Waals surface area contributed by atoms with Gasteiger partial charge in [0.15, 0.2) is 0 Å². The lowest BCUT2D eigenvalue weighted by Crippen LogP contribution is -2.47. The molecule has 1 aromatic rings. The summed E-state index contributed by atoms with van der Waals surface area (Å²) in [5.41, 5.74) is 0.865. The van der Waals surface area contributed by atoms with Crippen molar-refractivity contribution < 1.29 is 14.7 Å². The van der Waals surface area contributed by atoms with Gasteiger partial charge >= 0.3 is 5.97 Å². The number of amides is 1. The van der Waals surface area contributed by atoms with E-state index in [2.05, 4.69) is 12.0 Å². The van der Waals surface area contributed by atoms with Gasteiger partial charge in [0.25, 0.3) is 0 Å². The minimum atomic E-state index is -0.817. The summed E-state index contributed by atoms with van der Waals surface area (Å²) in [6.07, 6.45) is 5.35. The van der Waals surface area contributed by atoms with Gasteiger partial charge in [-0.25, -0.2) is 0 Å². The van der Waals surface area contributed by atoms with Crippen LogP contribution in [0.5, 0.6) is 0 Å². The number of rotatable bonds is 5. The normalized spacial score (nSPS) is 26.1. The molecule has 21 heavy (non-hydrogen) atoms. The van der Waals surface area contributed by atoms with Crippen LogP contribution in [0.25, 0.3) is 0 Å². The Bertz CT molecular complexity index is 550. The van der Waals surface area contributed by atoms with Crippen LogP contribution in [-0.2, 0) is 16.1 Å². The Morgan fingerprint density at radius 3 is 2.81 bits per heavy atom. The molecule has 114 valence electrons. The second-order valence-corrected chi connectivity index (χ2v) is 5.94. The lowest BCUT2D eigenvalue weighted by atomic mass is 9.86. The second-order valence-electron chi connectivity index (χ2n) is 5.94. The predicted octanol–water partition coefficient (Wildman–Crippen LogP) is 1.82. The van der Waals surface area contributed by atoms with Crippen molar-refractivity contribution in [3.05, 3.63) is 18.0 Å². The third kappa shape index (κ3) is 2.54. The standard InChI is InChI=1S/C15H21N3O3/c1-2-9-17-12(7-8-16-17)14-11(15(20)21)5-6-13(19)18(14)10-3-4-10/h7-8,10-11,14H,2-6,9H2,1H3,(H,20,21). The van der Waals surface area contributed by atoms with Crippen LogP contribution < -0.4 is 0 Å². The third-order valence-corrected chi connectivity index (χ3v) is 4.38. The topological polar surface area (TPSA) is 75.4 Å². The summed E-state index contributed by atoms with van der Waals surface area (Å²) in [5, 5.41) is 13.9. The van der Waals surface area contributed by atoms with Gasteiger partial charge in [-0.2, -0.15) is 5.10 Å². The predicted molar refractivity (Wildman–Crippen MR) is 75.5 cm³/mol. The number of nitrogens with zero attached hydrogens (tertiary/aromatic N) is 3. The Labute approximate surface area is 123 Å². The quantitative estimate of drug-likeness (QED) is 0.898. The van der Waals surface area contributed by atoms with E-state index >= 15 is 0 Å². The molecule has 0 radical (unpaired) electrons. The number of aromatic nitrogens is 2. The number of aliphatic carboxylic acids is 1. The molecule has 1 amide bonds. The Hall–Kier alpha value is -1.85. The second kappa shape index (κ2) is 5.50. The van der Waals surface area contributed by atoms with Crippen LogP contribution in [0.2, 0.25) is 0 Å². The first kappa shape index (κ1) is 14.1. The van der Waals surface area contributed by atoms with E-state index in [0.717, 1.165) is 31.5 Å². The number of hydrogen-bond donors (Lipinski definition) is 1. The average Bonchev–Trinajstić information content (AvgIpc) is 3.18. The van der Waals surface area contributed by atoms with E-state index < -0.39 is 11.9 Å². The molecule has 6 heteroatoms. The molecular formula is C15H21N3O3. The number of carboxylic acid groups (broad SMARTS) is 1. The van der Waals surface area contributed by atoms with Gasteiger partial charge in [-0.3, -0.25) is 14.3 Å². The van der Waals surface area contributed by atoms with Gasteiger partial charge in [0.1, 0.15) is 0 Å². The van der Waals surface area contributed by atoms with Gasteiger partial charge in [0.2, 0.25) is 5.91 Å². The van der Waals surface area contributed by atoms with E-state index in [1.807, 2.05) is 15.6 Å². The van der Waals surface area contributed by atoms with Crippen molar-refractivity contribution in [2.45, 2.75) is 57.7 Å². The number of carbonyl (C=O) groups is 2. The van der Waals surface area contributed by atoms with Crippen molar-refractivity contribution >= 4 is 11.9 Å². The van der Waals surface area contributed by atoms with Gasteiger partial charge in [0.05, 0.1) is 17.7 Å². The van der Waals surface area contributed by atoms with Crippen LogP contribution in [0.4, 0.5) is 0 Å². The Kier molecular flexibility index (Phi) is 3.69. The highest BCUT2D eigenvalue weighted by atomic mass is 16.4. The van der Waals surface area contributed by atoms with Crippen molar-refractivity contribution in [2.24, 2.45) is 5.92 Å². The molecule has 0 bridgehead atoms. The van der Waals surface area contributed by atoms with Crippen LogP contribution in [0.15, 0.2) is 12.3 Å². The maximum atomic E-state index is 12.3. The van der Waals surface area contributed by atoms with Crippen molar-refractivity contribution in [2.75, 3.05) is 0 Å². The lowest BCUT2D eigenvalue weighted by molar-refractivity contribution is -0.152. The zero-order chi connectivity index (χ0) is 15.0. The molecule has 1 N–H and O–H groups in total. The van der Waals surface area contributed by atoms with Gasteiger partial charge in [-0.05, 0) is 31.7 Å². The molecule has 2 unspecified atom stereocenters. The van der Waals surface area contributed by atoms with Gasteiger partial charge in [-0.1, -0.05) is 6.92 Å². The summed E-state index contributed by atoms with van der Waals surface area (Å²) in [6, 6.07) is 1.71. The van der Waals surface area contributed by atoms with E-state index in [1.165, 1.54) is 0 Å². The SMILES string of the molecule is CCCn1nccc1C1C(C(=O)O)CCC(=O)N1C1CC1. The van der Waals surface area contributed by atoms with Crippen LogP contribution in [0.1, 0.15) is 50.8 Å². The summed E-state index contributed by atoms with van der Waals surface area (Å²) >= 11 is 0. The fourth-order valence-electron chi connectivity index (χ4n) is 3.30. The summed E-state index contributed by atoms with van der Waals surface area (Å²) < 4.78 is 1.86. The molecule has 1 aliphatic heterocycles. The number of carbonyl (C=O) groups excluding carboxylic acids is 1. The third-order valence-electron chi connectivity index (χ3n) is 4.38. The average molecular weight is 291 g/mol. The van der Waals surface area contributed by atoms with Crippen molar-refractivity contribution in [1.82, 2.24) is 14.7 Å². The first-order valence-electron chi connectivity index (χ1n) is 7.69. The fourth-order valence-corrected chi connectivity index (χ4v) is 3.30. The molecule has 1 aliphatic carbocycles. The van der Waals surface area contributed by atoms with E-state index in [4.69, 9.17) is 0 Å². The van der Waals surface area contributed by atoms with E-state index in [0.29, 0.717) is 12.8 Å². The van der Waals surface area contributed by atoms with Crippen LogP contribution in [-0.4, -0.2) is 37.7 Å². The zero-order valence-corrected chi connectivity index (χ0v) is 12.2. The first-order valence-corrected chi connectivity index (χ1v) is 7.69. The van der Waals surface area contributed by atoms with Crippen LogP contribution in [0, 0.1) is 5.92 Å². The molecule has 1 aromatic heterocycles. The van der Waals surface area contributed by atoms with Crippen molar-refractivity contribution in [3.8, 4) is 0 Å².